The van der Waals surface area contributed by atoms with Crippen LogP contribution in [-0.4, -0.2) is 6.61 Å². The fraction of sp³-hybridized carbons (Fsp3) is 0.700. The summed E-state index contributed by atoms with van der Waals surface area (Å²) in [7, 11) is 0. The lowest BCUT2D eigenvalue weighted by Crippen LogP contribution is -2.08. The van der Waals surface area contributed by atoms with Crippen LogP contribution in [0.4, 0.5) is 0 Å². The molecule has 116 valence electrons. The van der Waals surface area contributed by atoms with Crippen LogP contribution >= 0.6 is 0 Å². The van der Waals surface area contributed by atoms with Gasteiger partial charge in [0.15, 0.2) is 0 Å². The minimum absolute atomic E-state index is 0.906. The molecule has 1 heteroatoms. The molecule has 1 fully saturated rings. The van der Waals surface area contributed by atoms with E-state index in [4.69, 9.17) is 4.74 Å². The molecule has 0 N–H and O–H groups in total. The number of rotatable bonds is 6. The van der Waals surface area contributed by atoms with E-state index in [0.29, 0.717) is 0 Å². The third-order valence-corrected chi connectivity index (χ3v) is 5.34. The first-order valence-corrected chi connectivity index (χ1v) is 9.17. The van der Waals surface area contributed by atoms with E-state index in [-0.39, 0.29) is 0 Å². The van der Waals surface area contributed by atoms with Gasteiger partial charge in [-0.15, -0.1) is 0 Å². The molecule has 0 aliphatic heterocycles. The van der Waals surface area contributed by atoms with Crippen LogP contribution in [0.3, 0.4) is 0 Å². The summed E-state index contributed by atoms with van der Waals surface area (Å²) in [4.78, 5) is 0. The topological polar surface area (TPSA) is 9.23 Å². The maximum atomic E-state index is 6.09. The van der Waals surface area contributed by atoms with Crippen LogP contribution in [0.25, 0.3) is 0 Å². The summed E-state index contributed by atoms with van der Waals surface area (Å²) < 4.78 is 6.09. The van der Waals surface area contributed by atoms with Crippen molar-refractivity contribution in [3.8, 4) is 5.75 Å². The molecule has 0 heterocycles. The van der Waals surface area contributed by atoms with Gasteiger partial charge in [0.2, 0.25) is 0 Å². The third-order valence-electron chi connectivity index (χ3n) is 5.34. The van der Waals surface area contributed by atoms with E-state index < -0.39 is 0 Å². The van der Waals surface area contributed by atoms with E-state index in [1.165, 1.54) is 93.9 Å². The quantitative estimate of drug-likeness (QED) is 0.610. The molecular formula is C20H30O. The Hall–Kier alpha value is -0.980. The van der Waals surface area contributed by atoms with Crippen LogP contribution < -0.4 is 4.74 Å². The average Bonchev–Trinajstić information content (AvgIpc) is 2.56. The molecule has 0 unspecified atom stereocenters. The van der Waals surface area contributed by atoms with Crippen molar-refractivity contribution in [2.24, 2.45) is 5.92 Å². The highest BCUT2D eigenvalue weighted by molar-refractivity contribution is 5.41. The molecule has 0 aromatic heterocycles. The fourth-order valence-electron chi connectivity index (χ4n) is 4.07. The SMILES string of the molecule is c1cc2c(c(OCCCCC3CCCCC3)c1)CCCC2. The van der Waals surface area contributed by atoms with Crippen LogP contribution in [0.1, 0.15) is 75.3 Å². The second-order valence-corrected chi connectivity index (χ2v) is 6.95. The number of hydrogen-bond acceptors (Lipinski definition) is 1. The molecule has 0 amide bonds. The summed E-state index contributed by atoms with van der Waals surface area (Å²) in [5.41, 5.74) is 3.02. The zero-order valence-corrected chi connectivity index (χ0v) is 13.4. The Kier molecular flexibility index (Phi) is 5.60. The van der Waals surface area contributed by atoms with Crippen LogP contribution in [0.2, 0.25) is 0 Å². The highest BCUT2D eigenvalue weighted by atomic mass is 16.5. The van der Waals surface area contributed by atoms with Gasteiger partial charge in [-0.1, -0.05) is 50.7 Å². The molecule has 1 nitrogen and oxygen atoms in total. The van der Waals surface area contributed by atoms with E-state index in [2.05, 4.69) is 18.2 Å². The molecule has 1 aromatic rings. The molecule has 0 radical (unpaired) electrons. The largest absolute Gasteiger partial charge is 0.493 e. The predicted molar refractivity (Wildman–Crippen MR) is 89.0 cm³/mol. The summed E-state index contributed by atoms with van der Waals surface area (Å²) in [6, 6.07) is 6.62. The molecule has 0 spiro atoms. The van der Waals surface area contributed by atoms with Gasteiger partial charge < -0.3 is 4.74 Å². The first-order chi connectivity index (χ1) is 10.4. The zero-order valence-electron chi connectivity index (χ0n) is 13.4. The van der Waals surface area contributed by atoms with Crippen LogP contribution in [-0.2, 0) is 12.8 Å². The second-order valence-electron chi connectivity index (χ2n) is 6.95. The molecule has 0 bridgehead atoms. The van der Waals surface area contributed by atoms with Crippen LogP contribution in [0.15, 0.2) is 18.2 Å². The van der Waals surface area contributed by atoms with Crippen molar-refractivity contribution < 1.29 is 4.74 Å². The Labute approximate surface area is 130 Å². The van der Waals surface area contributed by atoms with Crippen molar-refractivity contribution in [3.63, 3.8) is 0 Å². The number of fused-ring (bicyclic) bond motifs is 1. The third kappa shape index (κ3) is 4.25. The number of ether oxygens (including phenoxy) is 1. The van der Waals surface area contributed by atoms with E-state index in [0.717, 1.165) is 12.5 Å². The van der Waals surface area contributed by atoms with E-state index in [1.54, 1.807) is 0 Å². The molecule has 3 rings (SSSR count). The van der Waals surface area contributed by atoms with Crippen LogP contribution in [0.5, 0.6) is 5.75 Å². The van der Waals surface area contributed by atoms with Gasteiger partial charge >= 0.3 is 0 Å². The van der Waals surface area contributed by atoms with Gasteiger partial charge in [-0.2, -0.15) is 0 Å². The van der Waals surface area contributed by atoms with Gasteiger partial charge in [-0.25, -0.2) is 0 Å². The lowest BCUT2D eigenvalue weighted by molar-refractivity contribution is 0.281. The number of unbranched alkanes of at least 4 members (excludes halogenated alkanes) is 1. The van der Waals surface area contributed by atoms with Gasteiger partial charge in [0.05, 0.1) is 6.61 Å². The van der Waals surface area contributed by atoms with Gasteiger partial charge in [0, 0.05) is 0 Å². The van der Waals surface area contributed by atoms with Crippen LogP contribution in [0, 0.1) is 5.92 Å². The Morgan fingerprint density at radius 3 is 2.67 bits per heavy atom. The summed E-state index contributed by atoms with van der Waals surface area (Å²) >= 11 is 0. The second kappa shape index (κ2) is 7.87. The van der Waals surface area contributed by atoms with Crippen molar-refractivity contribution in [2.45, 2.75) is 77.0 Å². The normalized spacial score (nSPS) is 19.2. The Balaban J connectivity index is 1.39. The first-order valence-electron chi connectivity index (χ1n) is 9.17. The Morgan fingerprint density at radius 1 is 0.905 bits per heavy atom. The molecule has 0 atom stereocenters. The number of hydrogen-bond donors (Lipinski definition) is 0. The molecule has 1 saturated carbocycles. The lowest BCUT2D eigenvalue weighted by atomic mass is 9.86. The van der Waals surface area contributed by atoms with Crippen molar-refractivity contribution in [3.05, 3.63) is 29.3 Å². The van der Waals surface area contributed by atoms with E-state index in [1.807, 2.05) is 0 Å². The minimum Gasteiger partial charge on any atom is -0.493 e. The summed E-state index contributed by atoms with van der Waals surface area (Å²) in [6.45, 7) is 0.906. The molecule has 2 aliphatic carbocycles. The highest BCUT2D eigenvalue weighted by Crippen LogP contribution is 2.30. The molecule has 21 heavy (non-hydrogen) atoms. The maximum Gasteiger partial charge on any atom is 0.122 e. The number of aryl methyl sites for hydroxylation is 1. The van der Waals surface area contributed by atoms with Gasteiger partial charge in [-0.05, 0) is 61.6 Å². The zero-order chi connectivity index (χ0) is 14.3. The predicted octanol–water partition coefficient (Wildman–Crippen LogP) is 5.69. The van der Waals surface area contributed by atoms with Gasteiger partial charge in [-0.3, -0.25) is 0 Å². The fourth-order valence-corrected chi connectivity index (χ4v) is 4.07. The Bertz CT molecular complexity index is 431. The number of benzene rings is 1. The monoisotopic (exact) mass is 286 g/mol. The summed E-state index contributed by atoms with van der Waals surface area (Å²) in [6.07, 6.45) is 16.5. The minimum atomic E-state index is 0.906. The Morgan fingerprint density at radius 2 is 1.76 bits per heavy atom. The molecule has 1 aromatic carbocycles. The van der Waals surface area contributed by atoms with Crippen molar-refractivity contribution in [1.82, 2.24) is 0 Å². The smallest absolute Gasteiger partial charge is 0.122 e. The van der Waals surface area contributed by atoms with Crippen molar-refractivity contribution >= 4 is 0 Å². The molecular weight excluding hydrogens is 256 g/mol. The van der Waals surface area contributed by atoms with Crippen molar-refractivity contribution in [2.75, 3.05) is 6.61 Å². The van der Waals surface area contributed by atoms with Gasteiger partial charge in [0.25, 0.3) is 0 Å². The maximum absolute atomic E-state index is 6.09. The summed E-state index contributed by atoms with van der Waals surface area (Å²) in [5.74, 6) is 2.19. The first kappa shape index (κ1) is 14.9. The van der Waals surface area contributed by atoms with E-state index >= 15 is 0 Å². The molecule has 2 aliphatic rings. The highest BCUT2D eigenvalue weighted by Gasteiger charge is 2.14. The average molecular weight is 286 g/mol. The summed E-state index contributed by atoms with van der Waals surface area (Å²) in [5, 5.41) is 0. The van der Waals surface area contributed by atoms with Gasteiger partial charge in [0.1, 0.15) is 5.75 Å². The standard InChI is InChI=1S/C20H30O/c1-2-9-17(10-3-1)11-6-7-16-21-20-15-8-13-18-12-4-5-14-19(18)20/h8,13,15,17H,1-7,9-12,14,16H2. The van der Waals surface area contributed by atoms with E-state index in [9.17, 15) is 0 Å². The lowest BCUT2D eigenvalue weighted by Gasteiger charge is -2.21. The van der Waals surface area contributed by atoms with Crippen molar-refractivity contribution in [1.29, 1.82) is 0 Å². The molecule has 0 saturated heterocycles.